The van der Waals surface area contributed by atoms with Crippen molar-refractivity contribution < 1.29 is 9.47 Å². The molecule has 188 valence electrons. The van der Waals surface area contributed by atoms with E-state index in [0.717, 1.165) is 30.1 Å². The van der Waals surface area contributed by atoms with Crippen LogP contribution in [0, 0.1) is 11.3 Å². The number of H-pyrrole nitrogens is 1. The van der Waals surface area contributed by atoms with Crippen molar-refractivity contribution in [1.82, 2.24) is 34.3 Å². The molecule has 0 aromatic carbocycles. The summed E-state index contributed by atoms with van der Waals surface area (Å²) in [5.74, 6) is 2.41. The molecule has 0 unspecified atom stereocenters. The lowest BCUT2D eigenvalue weighted by atomic mass is 9.91. The predicted octanol–water partition coefficient (Wildman–Crippen LogP) is 4.71. The minimum absolute atomic E-state index is 0.0675. The maximum atomic E-state index is 9.30. The molecule has 0 bridgehead atoms. The van der Waals surface area contributed by atoms with E-state index in [1.807, 2.05) is 17.7 Å². The number of ether oxygens (including phenoxy) is 2. The highest BCUT2D eigenvalue weighted by Gasteiger charge is 2.28. The number of pyridine rings is 2. The van der Waals surface area contributed by atoms with Crippen LogP contribution >= 0.6 is 0 Å². The summed E-state index contributed by atoms with van der Waals surface area (Å²) in [6.45, 7) is 7.99. The molecule has 6 heterocycles. The minimum Gasteiger partial charge on any atom is -0.454 e. The Morgan fingerprint density at radius 2 is 2.00 bits per heavy atom. The highest BCUT2D eigenvalue weighted by Crippen LogP contribution is 2.32. The Morgan fingerprint density at radius 3 is 2.76 bits per heavy atom. The zero-order valence-electron chi connectivity index (χ0n) is 21.1. The zero-order valence-corrected chi connectivity index (χ0v) is 21.1. The summed E-state index contributed by atoms with van der Waals surface area (Å²) in [6, 6.07) is 8.13. The SMILES string of the molecule is Cn1c(Nc2cc(C(C)(C)C)n([C@@H]3CCOC3)n2)nc2ncc(Oc3cnc4[nH]cc(C#N)c4c3)cc21. The first-order valence-corrected chi connectivity index (χ1v) is 12.1. The number of fused-ring (bicyclic) bond motifs is 2. The van der Waals surface area contributed by atoms with E-state index in [9.17, 15) is 5.26 Å². The molecule has 0 saturated carbocycles. The summed E-state index contributed by atoms with van der Waals surface area (Å²) in [6.07, 6.45) is 5.82. The second-order valence-electron chi connectivity index (χ2n) is 10.2. The highest BCUT2D eigenvalue weighted by atomic mass is 16.5. The predicted molar refractivity (Wildman–Crippen MR) is 138 cm³/mol. The maximum Gasteiger partial charge on any atom is 0.210 e. The lowest BCUT2D eigenvalue weighted by Crippen LogP contribution is -2.22. The molecule has 0 radical (unpaired) electrons. The summed E-state index contributed by atoms with van der Waals surface area (Å²) in [4.78, 5) is 16.5. The number of aryl methyl sites for hydroxylation is 1. The summed E-state index contributed by atoms with van der Waals surface area (Å²) in [7, 11) is 1.92. The van der Waals surface area contributed by atoms with E-state index in [-0.39, 0.29) is 11.5 Å². The van der Waals surface area contributed by atoms with Gasteiger partial charge < -0.3 is 24.3 Å². The van der Waals surface area contributed by atoms with Crippen LogP contribution in [0.2, 0.25) is 0 Å². The van der Waals surface area contributed by atoms with E-state index in [1.165, 1.54) is 0 Å². The average Bonchev–Trinajstić information content (AvgIpc) is 3.65. The van der Waals surface area contributed by atoms with Gasteiger partial charge in [0, 0.05) is 48.5 Å². The van der Waals surface area contributed by atoms with Crippen LogP contribution in [0.5, 0.6) is 11.5 Å². The number of imidazole rings is 1. The van der Waals surface area contributed by atoms with E-state index < -0.39 is 0 Å². The van der Waals surface area contributed by atoms with Gasteiger partial charge in [-0.15, -0.1) is 0 Å². The minimum atomic E-state index is -0.0675. The lowest BCUT2D eigenvalue weighted by Gasteiger charge is -2.22. The van der Waals surface area contributed by atoms with Crippen molar-refractivity contribution >= 4 is 34.0 Å². The molecule has 5 aromatic rings. The fourth-order valence-electron chi connectivity index (χ4n) is 4.61. The van der Waals surface area contributed by atoms with E-state index in [2.05, 4.69) is 62.8 Å². The van der Waals surface area contributed by atoms with E-state index >= 15 is 0 Å². The molecule has 6 rings (SSSR count). The van der Waals surface area contributed by atoms with E-state index in [4.69, 9.17) is 14.6 Å². The number of nitrogens with zero attached hydrogens (tertiary/aromatic N) is 7. The lowest BCUT2D eigenvalue weighted by molar-refractivity contribution is 0.183. The third-order valence-electron chi connectivity index (χ3n) is 6.57. The molecule has 1 saturated heterocycles. The van der Waals surface area contributed by atoms with Gasteiger partial charge in [-0.25, -0.2) is 9.97 Å². The van der Waals surface area contributed by atoms with Gasteiger partial charge in [0.15, 0.2) is 11.5 Å². The molecule has 11 nitrogen and oxygen atoms in total. The number of hydrogen-bond acceptors (Lipinski definition) is 8. The van der Waals surface area contributed by atoms with E-state index in [1.54, 1.807) is 24.7 Å². The van der Waals surface area contributed by atoms with Crippen molar-refractivity contribution in [2.24, 2.45) is 7.05 Å². The Balaban J connectivity index is 1.29. The summed E-state index contributed by atoms with van der Waals surface area (Å²) >= 11 is 0. The smallest absolute Gasteiger partial charge is 0.210 e. The first-order valence-electron chi connectivity index (χ1n) is 12.1. The van der Waals surface area contributed by atoms with Crippen molar-refractivity contribution in [3.05, 3.63) is 48.0 Å². The molecule has 37 heavy (non-hydrogen) atoms. The van der Waals surface area contributed by atoms with Gasteiger partial charge in [0.2, 0.25) is 5.95 Å². The molecule has 1 fully saturated rings. The molecule has 0 amide bonds. The van der Waals surface area contributed by atoms with Crippen LogP contribution in [0.3, 0.4) is 0 Å². The van der Waals surface area contributed by atoms with Crippen molar-refractivity contribution in [1.29, 1.82) is 5.26 Å². The molecule has 0 spiro atoms. The van der Waals surface area contributed by atoms with Gasteiger partial charge >= 0.3 is 0 Å². The van der Waals surface area contributed by atoms with Crippen LogP contribution in [-0.4, -0.2) is 47.5 Å². The Labute approximate surface area is 213 Å². The molecule has 1 atom stereocenters. The summed E-state index contributed by atoms with van der Waals surface area (Å²) in [5.41, 5.74) is 3.61. The van der Waals surface area contributed by atoms with Crippen molar-refractivity contribution in [3.63, 3.8) is 0 Å². The van der Waals surface area contributed by atoms with Gasteiger partial charge in [-0.3, -0.25) is 4.68 Å². The molecule has 0 aliphatic carbocycles. The standard InChI is InChI=1S/C26H27N9O2/c1-26(2,3)21-9-22(33-35(21)16-5-6-36-14-16)31-25-32-24-20(34(25)4)8-18(13-30-24)37-17-7-19-15(10-27)11-28-23(19)29-12-17/h7-9,11-13,16H,5-6,14H2,1-4H3,(H,28,29)(H,30,31,32,33)/t16-/m1/s1. The van der Waals surface area contributed by atoms with Crippen LogP contribution in [0.4, 0.5) is 11.8 Å². The van der Waals surface area contributed by atoms with Gasteiger partial charge in [-0.1, -0.05) is 20.8 Å². The van der Waals surface area contributed by atoms with Crippen molar-refractivity contribution in [2.45, 2.75) is 38.6 Å². The molecule has 5 aromatic heterocycles. The Hall–Kier alpha value is -4.43. The maximum absolute atomic E-state index is 9.30. The third-order valence-corrected chi connectivity index (χ3v) is 6.57. The van der Waals surface area contributed by atoms with Crippen molar-refractivity contribution in [3.8, 4) is 17.6 Å². The number of nitriles is 1. The molecule has 1 aliphatic heterocycles. The first-order chi connectivity index (χ1) is 17.8. The molecule has 2 N–H and O–H groups in total. The normalized spacial score (nSPS) is 15.9. The van der Waals surface area contributed by atoms with Crippen LogP contribution < -0.4 is 10.1 Å². The highest BCUT2D eigenvalue weighted by molar-refractivity contribution is 5.83. The van der Waals surface area contributed by atoms with Gasteiger partial charge in [-0.2, -0.15) is 15.3 Å². The first kappa shape index (κ1) is 23.0. The molecule has 1 aliphatic rings. The monoisotopic (exact) mass is 497 g/mol. The quantitative estimate of drug-likeness (QED) is 0.357. The van der Waals surface area contributed by atoms with Gasteiger partial charge in [-0.05, 0) is 12.5 Å². The fourth-order valence-corrected chi connectivity index (χ4v) is 4.61. The molecule has 11 heteroatoms. The fraction of sp³-hybridized carbons (Fsp3) is 0.346. The number of nitrogens with one attached hydrogen (secondary N) is 2. The number of hydrogen-bond donors (Lipinski definition) is 2. The second kappa shape index (κ2) is 8.60. The second-order valence-corrected chi connectivity index (χ2v) is 10.2. The Morgan fingerprint density at radius 1 is 1.19 bits per heavy atom. The van der Waals surface area contributed by atoms with Crippen LogP contribution in [-0.2, 0) is 17.2 Å². The summed E-state index contributed by atoms with van der Waals surface area (Å²) in [5, 5.41) is 18.2. The van der Waals surface area contributed by atoms with E-state index in [0.29, 0.717) is 46.3 Å². The van der Waals surface area contributed by atoms with Crippen molar-refractivity contribution in [2.75, 3.05) is 18.5 Å². The molecular weight excluding hydrogens is 470 g/mol. The Kier molecular flexibility index (Phi) is 5.35. The van der Waals surface area contributed by atoms with Crippen LogP contribution in [0.1, 0.15) is 44.5 Å². The number of aromatic nitrogens is 7. The molecular formula is C26H27N9O2. The van der Waals surface area contributed by atoms with Crippen LogP contribution in [0.25, 0.3) is 22.2 Å². The number of rotatable bonds is 5. The van der Waals surface area contributed by atoms with Gasteiger partial charge in [0.1, 0.15) is 23.2 Å². The zero-order chi connectivity index (χ0) is 25.7. The van der Waals surface area contributed by atoms with Crippen LogP contribution in [0.15, 0.2) is 36.8 Å². The third kappa shape index (κ3) is 4.15. The van der Waals surface area contributed by atoms with Gasteiger partial charge in [0.25, 0.3) is 0 Å². The average molecular weight is 498 g/mol. The topological polar surface area (TPSA) is 131 Å². The Bertz CT molecular complexity index is 1660. The number of anilines is 2. The summed E-state index contributed by atoms with van der Waals surface area (Å²) < 4.78 is 15.6. The largest absolute Gasteiger partial charge is 0.454 e. The number of aromatic amines is 1. The van der Waals surface area contributed by atoms with Gasteiger partial charge in [0.05, 0.1) is 36.1 Å².